The Hall–Kier alpha value is -1.52. The predicted molar refractivity (Wildman–Crippen MR) is 101 cm³/mol. The third-order valence-corrected chi connectivity index (χ3v) is 11.4. The number of rotatable bonds is 3. The molecule has 0 unspecified atom stereocenters. The zero-order chi connectivity index (χ0) is 16.6. The van der Waals surface area contributed by atoms with E-state index in [4.69, 9.17) is 13.6 Å². The maximum atomic E-state index is 6.57. The molecule has 0 N–H and O–H groups in total. The first-order valence-corrected chi connectivity index (χ1v) is 11.4. The average Bonchev–Trinajstić information content (AvgIpc) is 3.22. The summed E-state index contributed by atoms with van der Waals surface area (Å²) in [6, 6.07) is 20.2. The molecule has 0 bridgehead atoms. The first kappa shape index (κ1) is 16.0. The van der Waals surface area contributed by atoms with E-state index in [1.165, 1.54) is 0 Å². The molecule has 1 spiro atoms. The van der Waals surface area contributed by atoms with Gasteiger partial charge in [-0.05, 0) is 0 Å². The summed E-state index contributed by atoms with van der Waals surface area (Å²) in [6.45, 7) is -2.77. The van der Waals surface area contributed by atoms with Gasteiger partial charge >= 0.3 is 146 Å². The molecule has 126 valence electrons. The summed E-state index contributed by atoms with van der Waals surface area (Å²) >= 11 is 1.65. The van der Waals surface area contributed by atoms with Gasteiger partial charge in [-0.25, -0.2) is 0 Å². The van der Waals surface area contributed by atoms with Crippen molar-refractivity contribution in [1.29, 1.82) is 0 Å². The Balaban J connectivity index is 1.88. The van der Waals surface area contributed by atoms with Gasteiger partial charge in [0.25, 0.3) is 0 Å². The van der Waals surface area contributed by atoms with E-state index in [-0.39, 0.29) is 0 Å². The fraction of sp³-hybridized carbons (Fsp3) is 0.222. The summed E-state index contributed by atoms with van der Waals surface area (Å²) in [5.41, 5.74) is 1.99. The van der Waals surface area contributed by atoms with E-state index >= 15 is 0 Å². The molecule has 4 nitrogen and oxygen atoms in total. The van der Waals surface area contributed by atoms with Crippen LogP contribution in [0.3, 0.4) is 0 Å². The molecule has 0 radical (unpaired) electrons. The normalized spacial score (nSPS) is 22.9. The van der Waals surface area contributed by atoms with Gasteiger partial charge in [0.2, 0.25) is 0 Å². The second-order valence-corrected chi connectivity index (χ2v) is 12.1. The second-order valence-electron chi connectivity index (χ2n) is 5.86. The third kappa shape index (κ3) is 2.35. The van der Waals surface area contributed by atoms with Crippen molar-refractivity contribution in [1.82, 2.24) is 4.67 Å². The molecule has 1 saturated heterocycles. The molecule has 6 heteroatoms. The van der Waals surface area contributed by atoms with Crippen molar-refractivity contribution in [3.8, 4) is 0 Å². The van der Waals surface area contributed by atoms with Crippen LogP contribution in [0.15, 0.2) is 60.7 Å². The average molecular weight is 361 g/mol. The molecule has 2 aliphatic rings. The number of nitrogens with zero attached hydrogens (tertiary/aromatic N) is 1. The van der Waals surface area contributed by atoms with Crippen molar-refractivity contribution in [3.63, 3.8) is 0 Å². The van der Waals surface area contributed by atoms with Crippen LogP contribution in [0.25, 0.3) is 11.5 Å². The fourth-order valence-corrected chi connectivity index (χ4v) is 8.99. The predicted octanol–water partition coefficient (Wildman–Crippen LogP) is 5.01. The van der Waals surface area contributed by atoms with Gasteiger partial charge in [-0.2, -0.15) is 0 Å². The molecular formula is C18H20NO3PS. The monoisotopic (exact) mass is 361 g/mol. The number of hydrogen-bond donors (Lipinski definition) is 0. The Morgan fingerprint density at radius 1 is 0.833 bits per heavy atom. The summed E-state index contributed by atoms with van der Waals surface area (Å²) in [7, 11) is 3.93. The summed E-state index contributed by atoms with van der Waals surface area (Å²) in [5.74, 6) is 2.37. The molecule has 0 amide bonds. The summed E-state index contributed by atoms with van der Waals surface area (Å²) in [5, 5.41) is 0. The van der Waals surface area contributed by atoms with E-state index in [2.05, 4.69) is 0 Å². The summed E-state index contributed by atoms with van der Waals surface area (Å²) < 4.78 is 21.3. The number of benzene rings is 2. The standard InChI is InChI=1S/C18H20NO3PS/c1-19(2)23(20-13-14-24-23)21-17(15-9-5-3-6-10-15)18(22-23)16-11-7-4-8-12-16/h3-12H,13-14H2,1-2H3. The molecule has 2 aliphatic heterocycles. The minimum atomic E-state index is -3.40. The molecule has 4 rings (SSSR count). The van der Waals surface area contributed by atoms with Gasteiger partial charge in [0, 0.05) is 0 Å². The van der Waals surface area contributed by atoms with Gasteiger partial charge in [-0.15, -0.1) is 0 Å². The fourth-order valence-electron chi connectivity index (χ4n) is 2.87. The van der Waals surface area contributed by atoms with Crippen LogP contribution in [0.5, 0.6) is 0 Å². The van der Waals surface area contributed by atoms with Crippen LogP contribution in [0.2, 0.25) is 0 Å². The Morgan fingerprint density at radius 2 is 1.33 bits per heavy atom. The first-order valence-electron chi connectivity index (χ1n) is 7.88. The molecule has 2 aromatic carbocycles. The van der Waals surface area contributed by atoms with Crippen LogP contribution in [0.4, 0.5) is 0 Å². The van der Waals surface area contributed by atoms with Crippen LogP contribution in [-0.2, 0) is 13.6 Å². The second kappa shape index (κ2) is 5.78. The first-order chi connectivity index (χ1) is 11.6. The van der Waals surface area contributed by atoms with E-state index in [0.29, 0.717) is 6.61 Å². The molecule has 0 saturated carbocycles. The van der Waals surface area contributed by atoms with E-state index < -0.39 is 6.64 Å². The Kier molecular flexibility index (Phi) is 3.85. The Bertz CT molecular complexity index is 718. The Morgan fingerprint density at radius 3 is 1.71 bits per heavy atom. The molecule has 2 heterocycles. The minimum absolute atomic E-state index is 0.630. The molecule has 0 atom stereocenters. The summed E-state index contributed by atoms with van der Waals surface area (Å²) in [6.07, 6.45) is 0. The van der Waals surface area contributed by atoms with Crippen molar-refractivity contribution in [2.45, 2.75) is 0 Å². The van der Waals surface area contributed by atoms with E-state index in [9.17, 15) is 0 Å². The van der Waals surface area contributed by atoms with Gasteiger partial charge in [0.15, 0.2) is 0 Å². The topological polar surface area (TPSA) is 30.9 Å². The summed E-state index contributed by atoms with van der Waals surface area (Å²) in [4.78, 5) is 0. The van der Waals surface area contributed by atoms with Crippen LogP contribution in [0.1, 0.15) is 11.1 Å². The molecule has 0 aromatic heterocycles. The van der Waals surface area contributed by atoms with Crippen molar-refractivity contribution >= 4 is 29.5 Å². The number of hydrogen-bond acceptors (Lipinski definition) is 5. The molecule has 24 heavy (non-hydrogen) atoms. The van der Waals surface area contributed by atoms with E-state index in [1.807, 2.05) is 79.4 Å². The van der Waals surface area contributed by atoms with Crippen LogP contribution in [0, 0.1) is 0 Å². The van der Waals surface area contributed by atoms with E-state index in [1.54, 1.807) is 11.4 Å². The van der Waals surface area contributed by atoms with Gasteiger partial charge in [-0.3, -0.25) is 0 Å². The molecule has 2 aromatic rings. The van der Waals surface area contributed by atoms with Crippen molar-refractivity contribution in [2.75, 3.05) is 26.5 Å². The molecular weight excluding hydrogens is 341 g/mol. The quantitative estimate of drug-likeness (QED) is 0.717. The zero-order valence-corrected chi connectivity index (χ0v) is 15.4. The zero-order valence-electron chi connectivity index (χ0n) is 13.7. The van der Waals surface area contributed by atoms with Crippen LogP contribution >= 0.6 is 18.0 Å². The SMILES string of the molecule is CN(C)P12(OCCS1)OC(c1ccccc1)=C(c1ccccc1)O2. The van der Waals surface area contributed by atoms with Crippen molar-refractivity contribution in [3.05, 3.63) is 71.8 Å². The van der Waals surface area contributed by atoms with Gasteiger partial charge in [-0.1, -0.05) is 0 Å². The Labute approximate surface area is 146 Å². The van der Waals surface area contributed by atoms with Gasteiger partial charge in [0.1, 0.15) is 0 Å². The van der Waals surface area contributed by atoms with Gasteiger partial charge in [0.05, 0.1) is 0 Å². The van der Waals surface area contributed by atoms with Crippen LogP contribution < -0.4 is 0 Å². The van der Waals surface area contributed by atoms with Crippen molar-refractivity contribution < 1.29 is 13.6 Å². The maximum absolute atomic E-state index is 6.57. The molecule has 1 fully saturated rings. The van der Waals surface area contributed by atoms with E-state index in [0.717, 1.165) is 28.4 Å². The van der Waals surface area contributed by atoms with Crippen LogP contribution in [-0.4, -0.2) is 31.1 Å². The third-order valence-electron chi connectivity index (χ3n) is 4.12. The van der Waals surface area contributed by atoms with Gasteiger partial charge < -0.3 is 0 Å². The molecule has 0 aliphatic carbocycles. The van der Waals surface area contributed by atoms with Crippen molar-refractivity contribution in [2.24, 2.45) is 0 Å².